The van der Waals surface area contributed by atoms with Gasteiger partial charge in [-0.05, 0) is 81.8 Å². The quantitative estimate of drug-likeness (QED) is 0.142. The van der Waals surface area contributed by atoms with Crippen LogP contribution in [0, 0.1) is 0 Å². The van der Waals surface area contributed by atoms with Crippen molar-refractivity contribution >= 4 is 17.7 Å². The Balaban J connectivity index is 1.47. The largest absolute Gasteiger partial charge is 0.488 e. The molecule has 0 saturated carbocycles. The molecule has 278 valence electrons. The van der Waals surface area contributed by atoms with Gasteiger partial charge in [0.05, 0.1) is 24.4 Å². The van der Waals surface area contributed by atoms with Crippen LogP contribution in [0.4, 0.5) is 23.7 Å². The summed E-state index contributed by atoms with van der Waals surface area (Å²) in [6.45, 7) is 8.55. The Kier molecular flexibility index (Phi) is 13.6. The van der Waals surface area contributed by atoms with Crippen LogP contribution in [-0.2, 0) is 28.9 Å². The van der Waals surface area contributed by atoms with E-state index in [0.29, 0.717) is 25.2 Å². The van der Waals surface area contributed by atoms with Crippen LogP contribution in [0.2, 0.25) is 0 Å². The minimum Gasteiger partial charge on any atom is -0.488 e. The molecule has 0 aliphatic carbocycles. The summed E-state index contributed by atoms with van der Waals surface area (Å²) in [6.07, 6.45) is -3.02. The number of amides is 2. The summed E-state index contributed by atoms with van der Waals surface area (Å²) < 4.78 is 60.8. The van der Waals surface area contributed by atoms with Crippen LogP contribution in [0.25, 0.3) is 0 Å². The topological polar surface area (TPSA) is 80.8 Å². The monoisotopic (exact) mass is 713 g/mol. The summed E-state index contributed by atoms with van der Waals surface area (Å²) in [7, 11) is 3.47. The van der Waals surface area contributed by atoms with Crippen LogP contribution >= 0.6 is 0 Å². The molecule has 0 spiro atoms. The number of ether oxygens (including phenoxy) is 4. The summed E-state index contributed by atoms with van der Waals surface area (Å²) in [6, 6.07) is 19.8. The van der Waals surface area contributed by atoms with Crippen LogP contribution in [0.1, 0.15) is 61.2 Å². The third kappa shape index (κ3) is 12.1. The number of nitrogens with zero attached hydrogens (tertiary/aromatic N) is 3. The molecule has 3 aromatic rings. The third-order valence-electron chi connectivity index (χ3n) is 8.20. The minimum absolute atomic E-state index is 0.0193. The van der Waals surface area contributed by atoms with E-state index < -0.39 is 24.5 Å². The van der Waals surface area contributed by atoms with E-state index in [1.54, 1.807) is 56.8 Å². The Hall–Kier alpha value is -4.45. The highest BCUT2D eigenvalue weighted by atomic mass is 19.4. The first-order valence-corrected chi connectivity index (χ1v) is 17.3. The van der Waals surface area contributed by atoms with E-state index in [4.69, 9.17) is 18.9 Å². The molecule has 1 atom stereocenters. The highest BCUT2D eigenvalue weighted by Crippen LogP contribution is 2.35. The molecule has 0 N–H and O–H groups in total. The fourth-order valence-corrected chi connectivity index (χ4v) is 5.92. The van der Waals surface area contributed by atoms with Gasteiger partial charge >= 0.3 is 12.3 Å². The lowest BCUT2D eigenvalue weighted by molar-refractivity contribution is -0.153. The van der Waals surface area contributed by atoms with Crippen molar-refractivity contribution in [3.63, 3.8) is 0 Å². The minimum atomic E-state index is -4.50. The van der Waals surface area contributed by atoms with Crippen LogP contribution in [0.3, 0.4) is 0 Å². The second kappa shape index (κ2) is 17.7. The maximum atomic E-state index is 13.5. The fourth-order valence-electron chi connectivity index (χ4n) is 5.92. The molecule has 0 aromatic heterocycles. The predicted octanol–water partition coefficient (Wildman–Crippen LogP) is 7.55. The fraction of sp³-hybridized carbons (Fsp3) is 0.487. The zero-order valence-corrected chi connectivity index (χ0v) is 30.4. The van der Waals surface area contributed by atoms with Crippen LogP contribution in [0.5, 0.6) is 11.5 Å². The molecule has 1 aliphatic rings. The van der Waals surface area contributed by atoms with Gasteiger partial charge in [-0.25, -0.2) is 4.79 Å². The molecule has 9 nitrogen and oxygen atoms in total. The Bertz CT molecular complexity index is 1590. The van der Waals surface area contributed by atoms with Gasteiger partial charge in [0.2, 0.25) is 0 Å². The molecule has 1 aliphatic heterocycles. The van der Waals surface area contributed by atoms with E-state index >= 15 is 0 Å². The molecular formula is C39H50F3N3O6. The lowest BCUT2D eigenvalue weighted by Crippen LogP contribution is -2.45. The van der Waals surface area contributed by atoms with Crippen molar-refractivity contribution in [2.75, 3.05) is 58.5 Å². The normalized spacial score (nSPS) is 13.4. The molecule has 12 heteroatoms. The van der Waals surface area contributed by atoms with Gasteiger partial charge in [0, 0.05) is 39.8 Å². The molecule has 0 bridgehead atoms. The lowest BCUT2D eigenvalue weighted by Gasteiger charge is -2.32. The summed E-state index contributed by atoms with van der Waals surface area (Å²) in [5.41, 5.74) is 3.91. The Morgan fingerprint density at radius 2 is 1.57 bits per heavy atom. The predicted molar refractivity (Wildman–Crippen MR) is 191 cm³/mol. The number of halogens is 3. The molecule has 3 aromatic carbocycles. The number of rotatable bonds is 16. The number of hydrogen-bond acceptors (Lipinski definition) is 7. The first-order valence-electron chi connectivity index (χ1n) is 17.3. The molecule has 1 heterocycles. The molecule has 4 rings (SSSR count). The van der Waals surface area contributed by atoms with Crippen LogP contribution < -0.4 is 14.4 Å². The number of anilines is 1. The zero-order valence-electron chi connectivity index (χ0n) is 30.4. The van der Waals surface area contributed by atoms with Gasteiger partial charge in [0.15, 0.2) is 18.1 Å². The van der Waals surface area contributed by atoms with E-state index in [1.165, 1.54) is 12.1 Å². The Labute approximate surface area is 299 Å². The highest BCUT2D eigenvalue weighted by molar-refractivity contribution is 6.01. The molecule has 2 amide bonds. The smallest absolute Gasteiger partial charge is 0.422 e. The number of benzene rings is 3. The number of carbonyl (C=O) groups excluding carboxylic acids is 2. The van der Waals surface area contributed by atoms with E-state index in [0.717, 1.165) is 48.3 Å². The summed E-state index contributed by atoms with van der Waals surface area (Å²) in [5, 5.41) is 0. The maximum Gasteiger partial charge on any atom is 0.422 e. The molecule has 51 heavy (non-hydrogen) atoms. The first kappa shape index (κ1) is 39.3. The van der Waals surface area contributed by atoms with E-state index in [1.807, 2.05) is 43.3 Å². The number of carbonyl (C=O) groups is 2. The molecule has 0 unspecified atom stereocenters. The lowest BCUT2D eigenvalue weighted by atomic mass is 9.97. The number of alkyl halides is 3. The summed E-state index contributed by atoms with van der Waals surface area (Å²) >= 11 is 0. The van der Waals surface area contributed by atoms with Gasteiger partial charge in [-0.2, -0.15) is 13.2 Å². The molecule has 0 radical (unpaired) electrons. The van der Waals surface area contributed by atoms with Gasteiger partial charge in [-0.15, -0.1) is 0 Å². The second-order valence-electron chi connectivity index (χ2n) is 13.9. The van der Waals surface area contributed by atoms with Gasteiger partial charge in [0.25, 0.3) is 5.91 Å². The van der Waals surface area contributed by atoms with Crippen molar-refractivity contribution in [1.29, 1.82) is 0 Å². The van der Waals surface area contributed by atoms with Gasteiger partial charge in [-0.1, -0.05) is 48.5 Å². The maximum absolute atomic E-state index is 13.5. The van der Waals surface area contributed by atoms with Crippen molar-refractivity contribution in [3.05, 3.63) is 89.0 Å². The molecular weight excluding hydrogens is 663 g/mol. The van der Waals surface area contributed by atoms with E-state index in [-0.39, 0.29) is 36.6 Å². The summed E-state index contributed by atoms with van der Waals surface area (Å²) in [5.74, 6) is -0.00947. The molecule has 0 fully saturated rings. The van der Waals surface area contributed by atoms with Crippen LogP contribution in [0.15, 0.2) is 66.7 Å². The number of hydrogen-bond donors (Lipinski definition) is 0. The number of fused-ring (bicyclic) bond motifs is 1. The van der Waals surface area contributed by atoms with Crippen molar-refractivity contribution in [1.82, 2.24) is 9.80 Å². The van der Waals surface area contributed by atoms with Crippen molar-refractivity contribution in [2.45, 2.75) is 71.4 Å². The van der Waals surface area contributed by atoms with Crippen molar-refractivity contribution in [3.8, 4) is 11.5 Å². The van der Waals surface area contributed by atoms with Gasteiger partial charge in [0.1, 0.15) is 12.2 Å². The van der Waals surface area contributed by atoms with Gasteiger partial charge in [-0.3, -0.25) is 4.79 Å². The first-order chi connectivity index (χ1) is 24.1. The Morgan fingerprint density at radius 3 is 2.22 bits per heavy atom. The van der Waals surface area contributed by atoms with Gasteiger partial charge < -0.3 is 33.6 Å². The standard InChI is InChI=1S/C39H50F3N3O6/c1-28(45(37(47)51-38(2,3)4)20-22-49-33-15-10-11-16-34(33)50-27-39(40,41)42)23-30-24-31-17-19-44(35(31)32(25-30)36(46)43(5)6)18-12-21-48-26-29-13-8-7-9-14-29/h7-11,13-16,24-25,28H,12,17-23,26-27H2,1-6H3/t28-/m1/s1. The van der Waals surface area contributed by atoms with E-state index in [9.17, 15) is 22.8 Å². The average molecular weight is 714 g/mol. The number of para-hydroxylation sites is 2. The average Bonchev–Trinajstić information content (AvgIpc) is 3.47. The third-order valence-corrected chi connectivity index (χ3v) is 8.20. The highest BCUT2D eigenvalue weighted by Gasteiger charge is 2.31. The van der Waals surface area contributed by atoms with Crippen molar-refractivity contribution in [2.24, 2.45) is 0 Å². The Morgan fingerprint density at radius 1 is 0.902 bits per heavy atom. The zero-order chi connectivity index (χ0) is 37.2. The SMILES string of the molecule is C[C@H](Cc1cc2c(c(C(=O)N(C)C)c1)N(CCCOCc1ccccc1)CC2)N(CCOc1ccccc1OCC(F)(F)F)C(=O)OC(C)(C)C. The summed E-state index contributed by atoms with van der Waals surface area (Å²) in [4.78, 5) is 32.4. The van der Waals surface area contributed by atoms with Crippen LogP contribution in [-0.4, -0.2) is 93.2 Å². The van der Waals surface area contributed by atoms with Crippen molar-refractivity contribution < 1.29 is 41.7 Å². The van der Waals surface area contributed by atoms with E-state index in [2.05, 4.69) is 11.0 Å². The second-order valence-corrected chi connectivity index (χ2v) is 13.9. The molecule has 0 saturated heterocycles.